The van der Waals surface area contributed by atoms with Crippen molar-refractivity contribution in [3.63, 3.8) is 0 Å². The molecule has 2 aromatic carbocycles. The van der Waals surface area contributed by atoms with E-state index < -0.39 is 12.0 Å². The molecule has 1 aromatic heterocycles. The highest BCUT2D eigenvalue weighted by atomic mass is 16.5. The maximum absolute atomic E-state index is 12.7. The summed E-state index contributed by atoms with van der Waals surface area (Å²) in [5.41, 5.74) is 1.42. The number of aromatic nitrogens is 2. The molecule has 1 heterocycles. The van der Waals surface area contributed by atoms with E-state index in [0.717, 1.165) is 0 Å². The summed E-state index contributed by atoms with van der Waals surface area (Å²) >= 11 is 0. The second-order valence-corrected chi connectivity index (χ2v) is 7.16. The van der Waals surface area contributed by atoms with Crippen LogP contribution in [0, 0.1) is 5.92 Å². The number of carbonyl (C=O) groups is 2. The van der Waals surface area contributed by atoms with E-state index in [1.54, 1.807) is 42.5 Å². The molecule has 150 valence electrons. The average molecular weight is 393 g/mol. The Kier molecular flexibility index (Phi) is 6.07. The van der Waals surface area contributed by atoms with Crippen molar-refractivity contribution in [2.45, 2.75) is 26.3 Å². The van der Waals surface area contributed by atoms with Crippen LogP contribution in [0.15, 0.2) is 59.7 Å². The Morgan fingerprint density at radius 1 is 1.10 bits per heavy atom. The first-order valence-corrected chi connectivity index (χ1v) is 9.36. The Labute approximate surface area is 168 Å². The fraction of sp³-hybridized carbons (Fsp3) is 0.273. The minimum Gasteiger partial charge on any atom is -0.467 e. The van der Waals surface area contributed by atoms with Crippen LogP contribution in [-0.2, 0) is 9.53 Å². The summed E-state index contributed by atoms with van der Waals surface area (Å²) in [4.78, 5) is 41.5. The molecule has 3 aromatic rings. The number of hydrogen-bond acceptors (Lipinski definition) is 5. The minimum absolute atomic E-state index is 0.185. The molecule has 0 bridgehead atoms. The highest BCUT2D eigenvalue weighted by Gasteiger charge is 2.23. The first-order valence-electron chi connectivity index (χ1n) is 9.36. The molecule has 0 saturated carbocycles. The van der Waals surface area contributed by atoms with Gasteiger partial charge in [0.05, 0.1) is 23.7 Å². The Balaban J connectivity index is 1.83. The molecule has 0 spiro atoms. The largest absolute Gasteiger partial charge is 0.467 e. The number of amides is 1. The van der Waals surface area contributed by atoms with E-state index in [9.17, 15) is 14.4 Å². The first-order chi connectivity index (χ1) is 13.9. The highest BCUT2D eigenvalue weighted by molar-refractivity contribution is 5.96. The molecule has 7 heteroatoms. The summed E-state index contributed by atoms with van der Waals surface area (Å²) in [6, 6.07) is 13.0. The van der Waals surface area contributed by atoms with E-state index in [1.165, 1.54) is 18.0 Å². The predicted molar refractivity (Wildman–Crippen MR) is 110 cm³/mol. The van der Waals surface area contributed by atoms with Gasteiger partial charge in [-0.15, -0.1) is 0 Å². The van der Waals surface area contributed by atoms with E-state index in [2.05, 4.69) is 10.3 Å². The fourth-order valence-electron chi connectivity index (χ4n) is 3.10. The van der Waals surface area contributed by atoms with Crippen molar-refractivity contribution in [3.8, 4) is 5.69 Å². The Morgan fingerprint density at radius 2 is 1.79 bits per heavy atom. The van der Waals surface area contributed by atoms with E-state index in [-0.39, 0.29) is 17.4 Å². The lowest BCUT2D eigenvalue weighted by Crippen LogP contribution is -2.42. The Hall–Kier alpha value is -3.48. The van der Waals surface area contributed by atoms with Gasteiger partial charge in [-0.05, 0) is 48.7 Å². The summed E-state index contributed by atoms with van der Waals surface area (Å²) in [6.07, 6.45) is 1.95. The van der Waals surface area contributed by atoms with Crippen molar-refractivity contribution in [2.75, 3.05) is 7.11 Å². The van der Waals surface area contributed by atoms with Gasteiger partial charge in [0.15, 0.2) is 0 Å². The lowest BCUT2D eigenvalue weighted by molar-refractivity contribution is -0.143. The normalized spacial score (nSPS) is 12.0. The van der Waals surface area contributed by atoms with Gasteiger partial charge in [0.25, 0.3) is 11.5 Å². The zero-order valence-corrected chi connectivity index (χ0v) is 16.6. The standard InChI is InChI=1S/C22H23N3O4/c1-14(2)12-19(22(28)29-3)24-20(26)15-8-10-16(11-9-15)25-13-23-18-7-5-4-6-17(18)21(25)27/h4-11,13-14,19H,12H2,1-3H3,(H,24,26). The number of fused-ring (bicyclic) bond motifs is 1. The average Bonchev–Trinajstić information content (AvgIpc) is 2.73. The molecule has 0 aliphatic rings. The number of esters is 1. The van der Waals surface area contributed by atoms with Crippen molar-refractivity contribution in [3.05, 3.63) is 70.8 Å². The molecule has 0 fully saturated rings. The zero-order chi connectivity index (χ0) is 21.0. The summed E-state index contributed by atoms with van der Waals surface area (Å²) < 4.78 is 6.21. The number of rotatable bonds is 6. The monoisotopic (exact) mass is 393 g/mol. The van der Waals surface area contributed by atoms with Crippen LogP contribution in [0.4, 0.5) is 0 Å². The van der Waals surface area contributed by atoms with E-state index >= 15 is 0 Å². The van der Waals surface area contributed by atoms with Crippen LogP contribution in [0.3, 0.4) is 0 Å². The van der Waals surface area contributed by atoms with Crippen molar-refractivity contribution >= 4 is 22.8 Å². The van der Waals surface area contributed by atoms with Crippen LogP contribution < -0.4 is 10.9 Å². The number of ether oxygens (including phenoxy) is 1. The van der Waals surface area contributed by atoms with Crippen LogP contribution in [0.1, 0.15) is 30.6 Å². The fourth-order valence-corrected chi connectivity index (χ4v) is 3.10. The van der Waals surface area contributed by atoms with Crippen molar-refractivity contribution in [2.24, 2.45) is 5.92 Å². The first kappa shape index (κ1) is 20.3. The molecule has 3 rings (SSSR count). The molecule has 0 saturated heterocycles. The number of methoxy groups -OCH3 is 1. The molecular formula is C22H23N3O4. The number of carbonyl (C=O) groups excluding carboxylic acids is 2. The number of nitrogens with zero attached hydrogens (tertiary/aromatic N) is 2. The third kappa shape index (κ3) is 4.51. The van der Waals surface area contributed by atoms with Gasteiger partial charge in [0.2, 0.25) is 0 Å². The van der Waals surface area contributed by atoms with Crippen LogP contribution in [-0.4, -0.2) is 34.6 Å². The smallest absolute Gasteiger partial charge is 0.328 e. The SMILES string of the molecule is COC(=O)C(CC(C)C)NC(=O)c1ccc(-n2cnc3ccccc3c2=O)cc1. The maximum atomic E-state index is 12.7. The molecule has 1 N–H and O–H groups in total. The van der Waals surface area contributed by atoms with Crippen LogP contribution in [0.5, 0.6) is 0 Å². The molecular weight excluding hydrogens is 370 g/mol. The van der Waals surface area contributed by atoms with Crippen molar-refractivity contribution in [1.82, 2.24) is 14.9 Å². The zero-order valence-electron chi connectivity index (χ0n) is 16.6. The molecule has 1 atom stereocenters. The van der Waals surface area contributed by atoms with Crippen LogP contribution >= 0.6 is 0 Å². The number of nitrogens with one attached hydrogen (secondary N) is 1. The van der Waals surface area contributed by atoms with Gasteiger partial charge >= 0.3 is 5.97 Å². The second kappa shape index (κ2) is 8.68. The summed E-state index contributed by atoms with van der Waals surface area (Å²) in [5.74, 6) is -0.636. The van der Waals surface area contributed by atoms with E-state index in [0.29, 0.717) is 28.6 Å². The molecule has 29 heavy (non-hydrogen) atoms. The quantitative estimate of drug-likeness (QED) is 0.651. The van der Waals surface area contributed by atoms with Gasteiger partial charge in [0, 0.05) is 5.56 Å². The van der Waals surface area contributed by atoms with Crippen molar-refractivity contribution in [1.29, 1.82) is 0 Å². The van der Waals surface area contributed by atoms with Gasteiger partial charge in [-0.25, -0.2) is 9.78 Å². The van der Waals surface area contributed by atoms with E-state index in [1.807, 2.05) is 19.9 Å². The van der Waals surface area contributed by atoms with Gasteiger partial charge in [-0.3, -0.25) is 14.2 Å². The van der Waals surface area contributed by atoms with Crippen molar-refractivity contribution < 1.29 is 14.3 Å². The molecule has 7 nitrogen and oxygen atoms in total. The summed E-state index contributed by atoms with van der Waals surface area (Å²) in [6.45, 7) is 3.93. The third-order valence-corrected chi connectivity index (χ3v) is 4.57. The van der Waals surface area contributed by atoms with Gasteiger partial charge in [0.1, 0.15) is 12.4 Å². The molecule has 1 amide bonds. The predicted octanol–water partition coefficient (Wildman–Crippen LogP) is 2.70. The van der Waals surface area contributed by atoms with Crippen LogP contribution in [0.25, 0.3) is 16.6 Å². The maximum Gasteiger partial charge on any atom is 0.328 e. The highest BCUT2D eigenvalue weighted by Crippen LogP contribution is 2.12. The number of hydrogen-bond donors (Lipinski definition) is 1. The topological polar surface area (TPSA) is 90.3 Å². The molecule has 0 aliphatic heterocycles. The molecule has 1 unspecified atom stereocenters. The number of para-hydroxylation sites is 1. The molecule has 0 aliphatic carbocycles. The van der Waals surface area contributed by atoms with E-state index in [4.69, 9.17) is 4.74 Å². The van der Waals surface area contributed by atoms with Gasteiger partial charge in [-0.2, -0.15) is 0 Å². The summed E-state index contributed by atoms with van der Waals surface area (Å²) in [7, 11) is 1.30. The third-order valence-electron chi connectivity index (χ3n) is 4.57. The lowest BCUT2D eigenvalue weighted by Gasteiger charge is -2.18. The second-order valence-electron chi connectivity index (χ2n) is 7.16. The summed E-state index contributed by atoms with van der Waals surface area (Å²) in [5, 5.41) is 3.24. The minimum atomic E-state index is -0.709. The number of benzene rings is 2. The van der Waals surface area contributed by atoms with Crippen LogP contribution in [0.2, 0.25) is 0 Å². The van der Waals surface area contributed by atoms with Gasteiger partial charge < -0.3 is 10.1 Å². The van der Waals surface area contributed by atoms with Gasteiger partial charge in [-0.1, -0.05) is 26.0 Å². The lowest BCUT2D eigenvalue weighted by atomic mass is 10.0. The molecule has 0 radical (unpaired) electrons. The Morgan fingerprint density at radius 3 is 2.45 bits per heavy atom. The Bertz CT molecular complexity index is 1090.